The third-order valence-electron chi connectivity index (χ3n) is 5.92. The third kappa shape index (κ3) is 6.38. The molecule has 0 saturated heterocycles. The van der Waals surface area contributed by atoms with E-state index in [0.717, 1.165) is 41.7 Å². The van der Waals surface area contributed by atoms with Crippen LogP contribution in [0.5, 0.6) is 11.5 Å². The van der Waals surface area contributed by atoms with E-state index in [9.17, 15) is 18.0 Å². The molecule has 1 amide bonds. The monoisotopic (exact) mass is 500 g/mol. The number of nitrogens with one attached hydrogen (secondary N) is 1. The van der Waals surface area contributed by atoms with Crippen molar-refractivity contribution in [3.8, 4) is 11.5 Å². The van der Waals surface area contributed by atoms with Gasteiger partial charge in [-0.3, -0.25) is 4.79 Å². The molecule has 0 radical (unpaired) electrons. The number of ether oxygens (including phenoxy) is 1. The quantitative estimate of drug-likeness (QED) is 0.401. The molecule has 3 N–H and O–H groups in total. The standard InChI is InChI=1S/C26H27F3N4O3/c1-15-6-7-18(16(2)10-15)11-20(14-35-30)32-25(34)23-22(13-31-24(33-23)17-8-9-17)36-21-5-3-4-19(12-21)26(27,28)29/h3-7,10,12-13,17,20H,8-9,11,14,30H2,1-2H3,(H,32,34). The second kappa shape index (κ2) is 10.6. The molecule has 0 spiro atoms. The van der Waals surface area contributed by atoms with E-state index in [1.54, 1.807) is 0 Å². The summed E-state index contributed by atoms with van der Waals surface area (Å²) in [5.74, 6) is 5.28. The second-order valence-corrected chi connectivity index (χ2v) is 8.98. The van der Waals surface area contributed by atoms with Crippen LogP contribution in [0.15, 0.2) is 48.7 Å². The van der Waals surface area contributed by atoms with Crippen LogP contribution < -0.4 is 16.0 Å². The lowest BCUT2D eigenvalue weighted by atomic mass is 9.99. The Morgan fingerprint density at radius 2 is 1.97 bits per heavy atom. The molecule has 1 fully saturated rings. The number of hydrogen-bond acceptors (Lipinski definition) is 6. The molecule has 7 nitrogen and oxygen atoms in total. The van der Waals surface area contributed by atoms with Gasteiger partial charge in [-0.25, -0.2) is 15.9 Å². The number of hydrogen-bond donors (Lipinski definition) is 2. The lowest BCUT2D eigenvalue weighted by Crippen LogP contribution is -2.41. The van der Waals surface area contributed by atoms with Crippen LogP contribution in [0.25, 0.3) is 0 Å². The van der Waals surface area contributed by atoms with Crippen LogP contribution in [0, 0.1) is 13.8 Å². The van der Waals surface area contributed by atoms with Gasteiger partial charge in [0.2, 0.25) is 0 Å². The minimum absolute atomic E-state index is 0.0451. The molecule has 4 rings (SSSR count). The predicted octanol–water partition coefficient (Wildman–Crippen LogP) is 5.01. The molecule has 0 aliphatic heterocycles. The summed E-state index contributed by atoms with van der Waals surface area (Å²) in [5, 5.41) is 2.88. The lowest BCUT2D eigenvalue weighted by molar-refractivity contribution is -0.137. The van der Waals surface area contributed by atoms with Gasteiger partial charge in [0.1, 0.15) is 11.6 Å². The maximum absolute atomic E-state index is 13.3. The Labute approximate surface area is 206 Å². The predicted molar refractivity (Wildman–Crippen MR) is 127 cm³/mol. The van der Waals surface area contributed by atoms with Gasteiger partial charge in [0.25, 0.3) is 5.91 Å². The maximum Gasteiger partial charge on any atom is 0.416 e. The summed E-state index contributed by atoms with van der Waals surface area (Å²) >= 11 is 0. The summed E-state index contributed by atoms with van der Waals surface area (Å²) in [5.41, 5.74) is 2.28. The van der Waals surface area contributed by atoms with Crippen molar-refractivity contribution in [1.29, 1.82) is 0 Å². The topological polar surface area (TPSA) is 99.4 Å². The zero-order chi connectivity index (χ0) is 25.9. The van der Waals surface area contributed by atoms with Crippen molar-refractivity contribution in [3.63, 3.8) is 0 Å². The Balaban J connectivity index is 1.60. The molecule has 3 aromatic rings. The van der Waals surface area contributed by atoms with Gasteiger partial charge in [0.15, 0.2) is 11.4 Å². The SMILES string of the molecule is Cc1ccc(CC(CON)NC(=O)c2nc(C3CC3)ncc2Oc2cccc(C(F)(F)F)c2)c(C)c1. The zero-order valence-electron chi connectivity index (χ0n) is 19.9. The first kappa shape index (κ1) is 25.6. The Bertz CT molecular complexity index is 1250. The van der Waals surface area contributed by atoms with Crippen LogP contribution in [-0.2, 0) is 17.4 Å². The number of aryl methyl sites for hydroxylation is 2. The number of alkyl halides is 3. The fourth-order valence-electron chi connectivity index (χ4n) is 3.88. The van der Waals surface area contributed by atoms with Crippen LogP contribution in [0.2, 0.25) is 0 Å². The lowest BCUT2D eigenvalue weighted by Gasteiger charge is -2.20. The van der Waals surface area contributed by atoms with Crippen molar-refractivity contribution in [2.45, 2.75) is 51.2 Å². The largest absolute Gasteiger partial charge is 0.453 e. The maximum atomic E-state index is 13.3. The van der Waals surface area contributed by atoms with E-state index >= 15 is 0 Å². The van der Waals surface area contributed by atoms with E-state index in [0.29, 0.717) is 12.2 Å². The molecule has 36 heavy (non-hydrogen) atoms. The summed E-state index contributed by atoms with van der Waals surface area (Å²) in [4.78, 5) is 26.8. The smallest absolute Gasteiger partial charge is 0.416 e. The Morgan fingerprint density at radius 3 is 2.64 bits per heavy atom. The van der Waals surface area contributed by atoms with E-state index in [1.807, 2.05) is 32.0 Å². The first-order chi connectivity index (χ1) is 17.1. The van der Waals surface area contributed by atoms with E-state index in [2.05, 4.69) is 15.3 Å². The van der Waals surface area contributed by atoms with E-state index in [4.69, 9.17) is 15.5 Å². The van der Waals surface area contributed by atoms with Crippen molar-refractivity contribution < 1.29 is 27.5 Å². The van der Waals surface area contributed by atoms with Gasteiger partial charge in [-0.1, -0.05) is 29.8 Å². The molecule has 190 valence electrons. The summed E-state index contributed by atoms with van der Waals surface area (Å²) in [6.07, 6.45) is -0.931. The van der Waals surface area contributed by atoms with Crippen LogP contribution >= 0.6 is 0 Å². The number of carbonyl (C=O) groups excluding carboxylic acids is 1. The Morgan fingerprint density at radius 1 is 1.19 bits per heavy atom. The first-order valence-corrected chi connectivity index (χ1v) is 11.5. The molecule has 1 atom stereocenters. The molecule has 10 heteroatoms. The molecule has 1 saturated carbocycles. The number of halogens is 3. The van der Waals surface area contributed by atoms with Crippen molar-refractivity contribution in [2.24, 2.45) is 5.90 Å². The summed E-state index contributed by atoms with van der Waals surface area (Å²) in [7, 11) is 0. The number of amides is 1. The van der Waals surface area contributed by atoms with E-state index < -0.39 is 23.7 Å². The number of nitrogens with zero attached hydrogens (tertiary/aromatic N) is 2. The molecule has 1 aromatic heterocycles. The number of benzene rings is 2. The average molecular weight is 501 g/mol. The Kier molecular flexibility index (Phi) is 7.56. The Hall–Kier alpha value is -3.50. The summed E-state index contributed by atoms with van der Waals surface area (Å²) in [6.45, 7) is 4.03. The molecular formula is C26H27F3N4O3. The van der Waals surface area contributed by atoms with Crippen molar-refractivity contribution in [1.82, 2.24) is 15.3 Å². The normalized spacial score (nSPS) is 14.4. The molecule has 1 aliphatic carbocycles. The minimum Gasteiger partial charge on any atom is -0.453 e. The zero-order valence-corrected chi connectivity index (χ0v) is 19.9. The van der Waals surface area contributed by atoms with Crippen molar-refractivity contribution >= 4 is 5.91 Å². The number of carbonyl (C=O) groups is 1. The average Bonchev–Trinajstić information content (AvgIpc) is 3.66. The summed E-state index contributed by atoms with van der Waals surface area (Å²) < 4.78 is 45.1. The minimum atomic E-state index is -4.53. The number of aromatic nitrogens is 2. The van der Waals surface area contributed by atoms with Gasteiger partial charge in [-0.15, -0.1) is 0 Å². The van der Waals surface area contributed by atoms with Gasteiger partial charge in [-0.05, 0) is 62.4 Å². The molecule has 1 unspecified atom stereocenters. The van der Waals surface area contributed by atoms with Gasteiger partial charge >= 0.3 is 6.18 Å². The van der Waals surface area contributed by atoms with Gasteiger partial charge in [0, 0.05) is 5.92 Å². The van der Waals surface area contributed by atoms with Gasteiger partial charge in [0.05, 0.1) is 24.4 Å². The molecular weight excluding hydrogens is 473 g/mol. The van der Waals surface area contributed by atoms with Crippen LogP contribution in [0.4, 0.5) is 13.2 Å². The van der Waals surface area contributed by atoms with E-state index in [-0.39, 0.29) is 29.7 Å². The second-order valence-electron chi connectivity index (χ2n) is 8.98. The van der Waals surface area contributed by atoms with Crippen LogP contribution in [-0.4, -0.2) is 28.5 Å². The van der Waals surface area contributed by atoms with Crippen molar-refractivity contribution in [2.75, 3.05) is 6.61 Å². The molecule has 0 bridgehead atoms. The number of nitrogens with two attached hydrogens (primary N) is 1. The highest BCUT2D eigenvalue weighted by Gasteiger charge is 2.32. The highest BCUT2D eigenvalue weighted by molar-refractivity contribution is 5.95. The van der Waals surface area contributed by atoms with Crippen LogP contribution in [0.1, 0.15) is 57.3 Å². The molecule has 2 aromatic carbocycles. The summed E-state index contributed by atoms with van der Waals surface area (Å²) in [6, 6.07) is 9.94. The highest BCUT2D eigenvalue weighted by atomic mass is 19.4. The fraction of sp³-hybridized carbons (Fsp3) is 0.346. The van der Waals surface area contributed by atoms with Gasteiger partial charge < -0.3 is 14.9 Å². The number of rotatable bonds is 9. The van der Waals surface area contributed by atoms with E-state index in [1.165, 1.54) is 18.3 Å². The molecule has 1 heterocycles. The van der Waals surface area contributed by atoms with Crippen molar-refractivity contribution in [3.05, 3.63) is 82.4 Å². The van der Waals surface area contributed by atoms with Gasteiger partial charge in [-0.2, -0.15) is 13.2 Å². The third-order valence-corrected chi connectivity index (χ3v) is 5.92. The van der Waals surface area contributed by atoms with Crippen LogP contribution in [0.3, 0.4) is 0 Å². The fourth-order valence-corrected chi connectivity index (χ4v) is 3.88. The molecule has 1 aliphatic rings. The first-order valence-electron chi connectivity index (χ1n) is 11.5. The highest BCUT2D eigenvalue weighted by Crippen LogP contribution is 2.39.